The van der Waals surface area contributed by atoms with E-state index in [1.807, 2.05) is 20.8 Å². The zero-order valence-electron chi connectivity index (χ0n) is 13.8. The predicted molar refractivity (Wildman–Crippen MR) is 82.2 cm³/mol. The minimum atomic E-state index is -0.805. The number of ether oxygens (including phenoxy) is 1. The van der Waals surface area contributed by atoms with E-state index in [1.165, 1.54) is 0 Å². The number of rotatable bonds is 3. The monoisotopic (exact) mass is 327 g/mol. The molecule has 2 unspecified atom stereocenters. The number of piperidine rings is 1. The van der Waals surface area contributed by atoms with Gasteiger partial charge in [-0.1, -0.05) is 0 Å². The Kier molecular flexibility index (Phi) is 5.30. The lowest BCUT2D eigenvalue weighted by Crippen LogP contribution is -2.54. The number of hydrogen-bond donors (Lipinski definition) is 4. The Labute approximate surface area is 135 Å². The quantitative estimate of drug-likeness (QED) is 0.584. The van der Waals surface area contributed by atoms with Gasteiger partial charge in [0.2, 0.25) is 0 Å². The molecule has 2 saturated heterocycles. The maximum Gasteiger partial charge on any atom is 0.410 e. The SMILES string of the molecule is CC(C)(C)OC(=O)N1CCCCC1CNC(=O)C1NNC(=O)N1. The lowest BCUT2D eigenvalue weighted by molar-refractivity contribution is -0.123. The van der Waals surface area contributed by atoms with Crippen LogP contribution in [0.3, 0.4) is 0 Å². The second kappa shape index (κ2) is 7.03. The van der Waals surface area contributed by atoms with Gasteiger partial charge in [0.1, 0.15) is 5.60 Å². The van der Waals surface area contributed by atoms with Crippen LogP contribution in [0.25, 0.3) is 0 Å². The van der Waals surface area contributed by atoms with E-state index >= 15 is 0 Å². The number of likely N-dealkylation sites (tertiary alicyclic amines) is 1. The first kappa shape index (κ1) is 17.3. The van der Waals surface area contributed by atoms with Gasteiger partial charge < -0.3 is 20.3 Å². The van der Waals surface area contributed by atoms with E-state index < -0.39 is 17.8 Å². The fourth-order valence-electron chi connectivity index (χ4n) is 2.57. The summed E-state index contributed by atoms with van der Waals surface area (Å²) in [6.07, 6.45) is 1.57. The molecule has 2 fully saturated rings. The van der Waals surface area contributed by atoms with Crippen LogP contribution in [0.2, 0.25) is 0 Å². The van der Waals surface area contributed by atoms with E-state index in [0.29, 0.717) is 13.1 Å². The summed E-state index contributed by atoms with van der Waals surface area (Å²) >= 11 is 0. The van der Waals surface area contributed by atoms with E-state index in [2.05, 4.69) is 21.5 Å². The number of nitrogens with one attached hydrogen (secondary N) is 4. The van der Waals surface area contributed by atoms with Crippen molar-refractivity contribution in [2.45, 2.75) is 57.8 Å². The highest BCUT2D eigenvalue weighted by Crippen LogP contribution is 2.20. The van der Waals surface area contributed by atoms with Crippen molar-refractivity contribution in [1.82, 2.24) is 26.4 Å². The molecule has 9 heteroatoms. The molecule has 4 amide bonds. The van der Waals surface area contributed by atoms with Crippen LogP contribution in [-0.2, 0) is 9.53 Å². The van der Waals surface area contributed by atoms with Crippen molar-refractivity contribution in [3.63, 3.8) is 0 Å². The molecule has 0 aromatic rings. The molecule has 0 bridgehead atoms. The number of urea groups is 1. The molecule has 2 heterocycles. The van der Waals surface area contributed by atoms with E-state index in [0.717, 1.165) is 19.3 Å². The Bertz CT molecular complexity index is 476. The molecular weight excluding hydrogens is 302 g/mol. The summed E-state index contributed by atoms with van der Waals surface area (Å²) in [5.41, 5.74) is 4.28. The number of carbonyl (C=O) groups is 3. The van der Waals surface area contributed by atoms with Gasteiger partial charge in [0.25, 0.3) is 5.91 Å². The number of hydrogen-bond acceptors (Lipinski definition) is 5. The van der Waals surface area contributed by atoms with Gasteiger partial charge in [-0.3, -0.25) is 10.2 Å². The summed E-state index contributed by atoms with van der Waals surface area (Å²) in [4.78, 5) is 36.9. The average molecular weight is 327 g/mol. The van der Waals surface area contributed by atoms with Gasteiger partial charge in [0.15, 0.2) is 6.17 Å². The number of hydrazine groups is 1. The molecule has 130 valence electrons. The van der Waals surface area contributed by atoms with Gasteiger partial charge in [0.05, 0.1) is 6.04 Å². The fourth-order valence-corrected chi connectivity index (χ4v) is 2.57. The van der Waals surface area contributed by atoms with Crippen LogP contribution >= 0.6 is 0 Å². The lowest BCUT2D eigenvalue weighted by atomic mass is 10.0. The van der Waals surface area contributed by atoms with Gasteiger partial charge in [0, 0.05) is 13.1 Å². The van der Waals surface area contributed by atoms with Crippen molar-refractivity contribution >= 4 is 18.0 Å². The van der Waals surface area contributed by atoms with Crippen LogP contribution in [0.1, 0.15) is 40.0 Å². The van der Waals surface area contributed by atoms with E-state index in [-0.39, 0.29) is 18.0 Å². The predicted octanol–water partition coefficient (Wildman–Crippen LogP) is 0.0357. The van der Waals surface area contributed by atoms with E-state index in [4.69, 9.17) is 4.74 Å². The Balaban J connectivity index is 1.87. The van der Waals surface area contributed by atoms with Crippen molar-refractivity contribution in [3.8, 4) is 0 Å². The first-order valence-corrected chi connectivity index (χ1v) is 7.85. The Morgan fingerprint density at radius 1 is 1.35 bits per heavy atom. The summed E-state index contributed by atoms with van der Waals surface area (Å²) in [7, 11) is 0. The highest BCUT2D eigenvalue weighted by molar-refractivity contribution is 5.89. The second-order valence-corrected chi connectivity index (χ2v) is 6.74. The number of nitrogens with zero attached hydrogens (tertiary/aromatic N) is 1. The molecule has 2 aliphatic rings. The molecule has 23 heavy (non-hydrogen) atoms. The van der Waals surface area contributed by atoms with Crippen molar-refractivity contribution in [2.24, 2.45) is 0 Å². The standard InChI is InChI=1S/C14H25N5O4/c1-14(2,3)23-13(22)19-7-5-4-6-9(19)8-15-11(20)10-16-12(21)18-17-10/h9-10,17H,4-8H2,1-3H3,(H,15,20)(H2,16,18,21). The van der Waals surface area contributed by atoms with Crippen molar-refractivity contribution in [2.75, 3.05) is 13.1 Å². The van der Waals surface area contributed by atoms with Crippen molar-refractivity contribution < 1.29 is 19.1 Å². The molecule has 4 N–H and O–H groups in total. The third-order valence-corrected chi connectivity index (χ3v) is 3.63. The Morgan fingerprint density at radius 3 is 2.70 bits per heavy atom. The minimum absolute atomic E-state index is 0.104. The van der Waals surface area contributed by atoms with Crippen LogP contribution in [0.4, 0.5) is 9.59 Å². The molecule has 2 rings (SSSR count). The summed E-state index contributed by atoms with van der Waals surface area (Å²) in [5.74, 6) is -0.349. The minimum Gasteiger partial charge on any atom is -0.444 e. The smallest absolute Gasteiger partial charge is 0.410 e. The van der Waals surface area contributed by atoms with Gasteiger partial charge in [-0.15, -0.1) is 0 Å². The van der Waals surface area contributed by atoms with Crippen LogP contribution in [0.5, 0.6) is 0 Å². The number of amides is 4. The normalized spacial score (nSPS) is 24.7. The molecule has 0 aromatic heterocycles. The third-order valence-electron chi connectivity index (χ3n) is 3.63. The lowest BCUT2D eigenvalue weighted by Gasteiger charge is -2.36. The van der Waals surface area contributed by atoms with Crippen LogP contribution < -0.4 is 21.5 Å². The molecule has 0 radical (unpaired) electrons. The van der Waals surface area contributed by atoms with Gasteiger partial charge >= 0.3 is 12.1 Å². The Hall–Kier alpha value is -2.03. The molecule has 0 aromatic carbocycles. The van der Waals surface area contributed by atoms with Gasteiger partial charge in [-0.05, 0) is 40.0 Å². The first-order chi connectivity index (χ1) is 10.8. The summed E-state index contributed by atoms with van der Waals surface area (Å²) in [6, 6.07) is -0.550. The zero-order chi connectivity index (χ0) is 17.0. The van der Waals surface area contributed by atoms with E-state index in [1.54, 1.807) is 4.90 Å². The van der Waals surface area contributed by atoms with Crippen LogP contribution in [0, 0.1) is 0 Å². The van der Waals surface area contributed by atoms with Crippen LogP contribution in [0.15, 0.2) is 0 Å². The first-order valence-electron chi connectivity index (χ1n) is 7.85. The summed E-state index contributed by atoms with van der Waals surface area (Å²) < 4.78 is 5.42. The third kappa shape index (κ3) is 4.98. The van der Waals surface area contributed by atoms with E-state index in [9.17, 15) is 14.4 Å². The maximum absolute atomic E-state index is 12.3. The largest absolute Gasteiger partial charge is 0.444 e. The van der Waals surface area contributed by atoms with Gasteiger partial charge in [-0.2, -0.15) is 0 Å². The van der Waals surface area contributed by atoms with Crippen molar-refractivity contribution in [3.05, 3.63) is 0 Å². The molecule has 2 atom stereocenters. The molecule has 0 saturated carbocycles. The van der Waals surface area contributed by atoms with Crippen molar-refractivity contribution in [1.29, 1.82) is 0 Å². The zero-order valence-corrected chi connectivity index (χ0v) is 13.8. The highest BCUT2D eigenvalue weighted by atomic mass is 16.6. The second-order valence-electron chi connectivity index (χ2n) is 6.74. The number of carbonyl (C=O) groups excluding carboxylic acids is 3. The molecule has 9 nitrogen and oxygen atoms in total. The fraction of sp³-hybridized carbons (Fsp3) is 0.786. The average Bonchev–Trinajstić information content (AvgIpc) is 2.90. The highest BCUT2D eigenvalue weighted by Gasteiger charge is 2.32. The van der Waals surface area contributed by atoms with Gasteiger partial charge in [-0.25, -0.2) is 15.0 Å². The molecule has 2 aliphatic heterocycles. The summed E-state index contributed by atoms with van der Waals surface area (Å²) in [6.45, 7) is 6.43. The summed E-state index contributed by atoms with van der Waals surface area (Å²) in [5, 5.41) is 5.18. The molecular formula is C14H25N5O4. The molecule has 0 aliphatic carbocycles. The maximum atomic E-state index is 12.3. The topological polar surface area (TPSA) is 112 Å². The molecule has 0 spiro atoms. The Morgan fingerprint density at radius 2 is 2.09 bits per heavy atom. The van der Waals surface area contributed by atoms with Crippen LogP contribution in [-0.4, -0.2) is 53.8 Å².